The molecule has 2 heterocycles. The molecule has 35 heavy (non-hydrogen) atoms. The van der Waals surface area contributed by atoms with Crippen molar-refractivity contribution in [3.63, 3.8) is 0 Å². The number of ether oxygens (including phenoxy) is 4. The Morgan fingerprint density at radius 3 is 2.31 bits per heavy atom. The molecule has 0 saturated carbocycles. The van der Waals surface area contributed by atoms with Crippen LogP contribution in [0.3, 0.4) is 0 Å². The third kappa shape index (κ3) is 5.49. The number of benzene rings is 2. The van der Waals surface area contributed by atoms with Gasteiger partial charge in [0.2, 0.25) is 0 Å². The molecule has 7 nitrogen and oxygen atoms in total. The number of ketones is 2. The summed E-state index contributed by atoms with van der Waals surface area (Å²) in [5.41, 5.74) is 2.16. The van der Waals surface area contributed by atoms with E-state index in [4.69, 9.17) is 18.9 Å². The zero-order chi connectivity index (χ0) is 24.9. The van der Waals surface area contributed by atoms with Gasteiger partial charge in [0.1, 0.15) is 29.1 Å². The maximum absolute atomic E-state index is 13.7. The summed E-state index contributed by atoms with van der Waals surface area (Å²) in [6, 6.07) is 12.8. The van der Waals surface area contributed by atoms with Crippen LogP contribution in [0.4, 0.5) is 4.39 Å². The van der Waals surface area contributed by atoms with E-state index in [1.165, 1.54) is 20.3 Å². The summed E-state index contributed by atoms with van der Waals surface area (Å²) in [7, 11) is 3.01. The summed E-state index contributed by atoms with van der Waals surface area (Å²) in [5.74, 6) is 0.652. The zero-order valence-corrected chi connectivity index (χ0v) is 19.8. The Labute approximate surface area is 202 Å². The summed E-state index contributed by atoms with van der Waals surface area (Å²) in [4.78, 5) is 30.1. The van der Waals surface area contributed by atoms with Crippen LogP contribution >= 0.6 is 0 Å². The van der Waals surface area contributed by atoms with Gasteiger partial charge in [0.05, 0.1) is 27.4 Å². The number of aromatic nitrogens is 1. The van der Waals surface area contributed by atoms with Crippen LogP contribution in [0, 0.1) is 12.7 Å². The largest absolute Gasteiger partial charge is 0.494 e. The Balaban J connectivity index is 1.46. The Bertz CT molecular complexity index is 1250. The molecule has 1 fully saturated rings. The first-order valence-electron chi connectivity index (χ1n) is 11.2. The van der Waals surface area contributed by atoms with Crippen LogP contribution in [0.5, 0.6) is 17.2 Å². The van der Waals surface area contributed by atoms with Crippen LogP contribution in [0.15, 0.2) is 48.5 Å². The van der Waals surface area contributed by atoms with Gasteiger partial charge in [0, 0.05) is 24.0 Å². The summed E-state index contributed by atoms with van der Waals surface area (Å²) in [6.45, 7) is 2.70. The minimum absolute atomic E-state index is 0.0113. The fourth-order valence-electron chi connectivity index (χ4n) is 3.66. The normalized spacial score (nSPS) is 13.1. The third-order valence-electron chi connectivity index (χ3n) is 5.76. The van der Waals surface area contributed by atoms with Crippen molar-refractivity contribution in [2.24, 2.45) is 0 Å². The molecule has 3 aromatic rings. The van der Waals surface area contributed by atoms with E-state index >= 15 is 0 Å². The number of rotatable bonds is 10. The molecule has 4 rings (SSSR count). The molecule has 2 aromatic carbocycles. The van der Waals surface area contributed by atoms with Crippen molar-refractivity contribution in [2.75, 3.05) is 27.4 Å². The minimum Gasteiger partial charge on any atom is -0.494 e. The van der Waals surface area contributed by atoms with E-state index in [1.807, 2.05) is 0 Å². The van der Waals surface area contributed by atoms with E-state index in [0.717, 1.165) is 0 Å². The summed E-state index contributed by atoms with van der Waals surface area (Å²) in [5, 5.41) is 0. The predicted molar refractivity (Wildman–Crippen MR) is 127 cm³/mol. The van der Waals surface area contributed by atoms with E-state index in [1.54, 1.807) is 49.4 Å². The van der Waals surface area contributed by atoms with E-state index < -0.39 is 0 Å². The van der Waals surface area contributed by atoms with Gasteiger partial charge >= 0.3 is 0 Å². The number of nitrogens with zero attached hydrogens (tertiary/aromatic N) is 1. The summed E-state index contributed by atoms with van der Waals surface area (Å²) < 4.78 is 35.3. The van der Waals surface area contributed by atoms with Gasteiger partial charge in [0.25, 0.3) is 0 Å². The topological polar surface area (TPSA) is 84.0 Å². The Morgan fingerprint density at radius 2 is 1.66 bits per heavy atom. The molecule has 8 heteroatoms. The molecule has 1 aromatic heterocycles. The highest BCUT2D eigenvalue weighted by molar-refractivity contribution is 6.02. The molecule has 0 atom stereocenters. The van der Waals surface area contributed by atoms with Crippen LogP contribution in [0.2, 0.25) is 0 Å². The molecule has 0 amide bonds. The van der Waals surface area contributed by atoms with Gasteiger partial charge in [-0.3, -0.25) is 9.59 Å². The second kappa shape index (κ2) is 10.7. The first-order chi connectivity index (χ1) is 16.9. The van der Waals surface area contributed by atoms with Gasteiger partial charge in [0.15, 0.2) is 23.1 Å². The molecule has 0 spiro atoms. The third-order valence-corrected chi connectivity index (χ3v) is 5.76. The molecule has 182 valence electrons. The van der Waals surface area contributed by atoms with E-state index in [9.17, 15) is 14.0 Å². The highest BCUT2D eigenvalue weighted by atomic mass is 19.1. The number of pyridine rings is 1. The van der Waals surface area contributed by atoms with E-state index in [2.05, 4.69) is 4.98 Å². The molecule has 0 unspecified atom stereocenters. The second-order valence-electron chi connectivity index (χ2n) is 8.20. The fraction of sp³-hybridized carbons (Fsp3) is 0.296. The second-order valence-corrected chi connectivity index (χ2v) is 8.20. The maximum atomic E-state index is 13.7. The average molecular weight is 480 g/mol. The summed E-state index contributed by atoms with van der Waals surface area (Å²) >= 11 is 0. The van der Waals surface area contributed by atoms with Crippen LogP contribution in [-0.4, -0.2) is 50.1 Å². The van der Waals surface area contributed by atoms with Gasteiger partial charge in [-0.2, -0.15) is 0 Å². The van der Waals surface area contributed by atoms with Crippen LogP contribution in [0.1, 0.15) is 39.3 Å². The maximum Gasteiger partial charge on any atom is 0.181 e. The number of halogens is 1. The lowest BCUT2D eigenvalue weighted by Gasteiger charge is -2.27. The van der Waals surface area contributed by atoms with Crippen molar-refractivity contribution in [1.29, 1.82) is 0 Å². The lowest BCUT2D eigenvalue weighted by atomic mass is 10.0. The highest BCUT2D eigenvalue weighted by Gasteiger charge is 2.22. The minimum atomic E-state index is -0.327. The van der Waals surface area contributed by atoms with E-state index in [0.29, 0.717) is 52.8 Å². The zero-order valence-electron chi connectivity index (χ0n) is 19.8. The molecule has 1 aliphatic heterocycles. The molecular formula is C27H26FNO6. The number of carbonyl (C=O) groups excluding carboxylic acids is 2. The summed E-state index contributed by atoms with van der Waals surface area (Å²) in [6.07, 6.45) is -0.0269. The monoisotopic (exact) mass is 479 g/mol. The Morgan fingerprint density at radius 1 is 0.943 bits per heavy atom. The average Bonchev–Trinajstić information content (AvgIpc) is 2.85. The first kappa shape index (κ1) is 24.3. The molecule has 1 saturated heterocycles. The number of hydrogen-bond acceptors (Lipinski definition) is 7. The fourth-order valence-corrected chi connectivity index (χ4v) is 3.66. The van der Waals surface area contributed by atoms with E-state index in [-0.39, 0.29) is 42.0 Å². The number of carbonyl (C=O) groups is 2. The van der Waals surface area contributed by atoms with Gasteiger partial charge in [-0.25, -0.2) is 9.37 Å². The first-order valence-corrected chi connectivity index (χ1v) is 11.2. The van der Waals surface area contributed by atoms with Crippen LogP contribution in [-0.2, 0) is 4.74 Å². The smallest absolute Gasteiger partial charge is 0.181 e. The van der Waals surface area contributed by atoms with Crippen molar-refractivity contribution in [3.05, 3.63) is 71.2 Å². The number of hydrogen-bond donors (Lipinski definition) is 0. The molecular weight excluding hydrogens is 453 g/mol. The molecule has 0 bridgehead atoms. The Kier molecular flexibility index (Phi) is 7.41. The standard InChI is InChI=1S/C27H26FNO6/c1-16-12-18(4-6-20(16)28)27-25(32-2)11-7-21(29-27)23(31)9-8-22(30)17-5-10-24(26(13-17)33-3)35-19-14-34-15-19/h4-7,10-13,19H,8-9,14-15H2,1-3H3. The van der Waals surface area contributed by atoms with Crippen molar-refractivity contribution < 1.29 is 32.9 Å². The quantitative estimate of drug-likeness (QED) is 0.385. The van der Waals surface area contributed by atoms with Gasteiger partial charge in [-0.1, -0.05) is 0 Å². The Hall–Kier alpha value is -3.78. The van der Waals surface area contributed by atoms with Gasteiger partial charge in [-0.15, -0.1) is 0 Å². The molecule has 0 N–H and O–H groups in total. The van der Waals surface area contributed by atoms with Crippen molar-refractivity contribution in [1.82, 2.24) is 4.98 Å². The SMILES string of the molecule is COc1cc(C(=O)CCC(=O)c2ccc(OC)c(-c3ccc(F)c(C)c3)n2)ccc1OC1COC1. The highest BCUT2D eigenvalue weighted by Crippen LogP contribution is 2.31. The van der Waals surface area contributed by atoms with Crippen molar-refractivity contribution in [2.45, 2.75) is 25.9 Å². The van der Waals surface area contributed by atoms with Gasteiger partial charge < -0.3 is 18.9 Å². The molecule has 1 aliphatic rings. The molecule has 0 radical (unpaired) electrons. The van der Waals surface area contributed by atoms with Gasteiger partial charge in [-0.05, 0) is 61.0 Å². The van der Waals surface area contributed by atoms with Crippen LogP contribution in [0.25, 0.3) is 11.3 Å². The molecule has 0 aliphatic carbocycles. The van der Waals surface area contributed by atoms with Crippen LogP contribution < -0.4 is 14.2 Å². The van der Waals surface area contributed by atoms with Crippen molar-refractivity contribution >= 4 is 11.6 Å². The van der Waals surface area contributed by atoms with Crippen molar-refractivity contribution in [3.8, 4) is 28.5 Å². The number of aryl methyl sites for hydroxylation is 1. The lowest BCUT2D eigenvalue weighted by Crippen LogP contribution is -2.38. The number of Topliss-reactive ketones (excluding diaryl/α,β-unsaturated/α-hetero) is 2. The predicted octanol–water partition coefficient (Wildman–Crippen LogP) is 4.84. The number of methoxy groups -OCH3 is 2. The lowest BCUT2D eigenvalue weighted by molar-refractivity contribution is -0.0803.